The number of rotatable bonds is 8. The fourth-order valence-electron chi connectivity index (χ4n) is 3.39. The maximum absolute atomic E-state index is 13.3. The lowest BCUT2D eigenvalue weighted by Gasteiger charge is -2.18. The average molecular weight is 366 g/mol. The van der Waals surface area contributed by atoms with Gasteiger partial charge in [0.15, 0.2) is 0 Å². The summed E-state index contributed by atoms with van der Waals surface area (Å²) in [6.07, 6.45) is 3.96. The van der Waals surface area contributed by atoms with Crippen molar-refractivity contribution in [2.75, 3.05) is 7.11 Å². The van der Waals surface area contributed by atoms with E-state index in [1.807, 2.05) is 36.4 Å². The zero-order valence-corrected chi connectivity index (χ0v) is 15.5. The molecule has 3 rings (SSSR count). The van der Waals surface area contributed by atoms with Crippen LogP contribution in [0, 0.1) is 11.6 Å². The van der Waals surface area contributed by atoms with Gasteiger partial charge in [0.2, 0.25) is 0 Å². The highest BCUT2D eigenvalue weighted by atomic mass is 19.1. The Hall–Kier alpha value is -2.68. The number of unbranched alkanes of at least 4 members (excludes halogenated alkanes) is 1. The molecule has 0 aliphatic heterocycles. The third kappa shape index (κ3) is 5.40. The first-order valence-electron chi connectivity index (χ1n) is 9.29. The molecule has 0 aromatic heterocycles. The lowest BCUT2D eigenvalue weighted by molar-refractivity contribution is 0.414. The predicted molar refractivity (Wildman–Crippen MR) is 105 cm³/mol. The summed E-state index contributed by atoms with van der Waals surface area (Å²) in [6.45, 7) is 0. The van der Waals surface area contributed by atoms with Gasteiger partial charge in [-0.25, -0.2) is 8.78 Å². The molecule has 3 aromatic rings. The van der Waals surface area contributed by atoms with E-state index in [-0.39, 0.29) is 17.6 Å². The van der Waals surface area contributed by atoms with Gasteiger partial charge in [0, 0.05) is 5.92 Å². The number of ether oxygens (including phenoxy) is 1. The summed E-state index contributed by atoms with van der Waals surface area (Å²) in [5, 5.41) is 0. The van der Waals surface area contributed by atoms with Gasteiger partial charge in [0.25, 0.3) is 0 Å². The molecule has 3 aromatic carbocycles. The number of benzene rings is 3. The van der Waals surface area contributed by atoms with Gasteiger partial charge in [-0.1, -0.05) is 42.8 Å². The maximum Gasteiger partial charge on any atom is 0.123 e. The van der Waals surface area contributed by atoms with Crippen LogP contribution in [-0.4, -0.2) is 7.11 Å². The van der Waals surface area contributed by atoms with E-state index in [4.69, 9.17) is 4.74 Å². The first-order chi connectivity index (χ1) is 13.2. The van der Waals surface area contributed by atoms with Gasteiger partial charge in [0.1, 0.15) is 17.4 Å². The van der Waals surface area contributed by atoms with Crippen LogP contribution in [0.5, 0.6) is 5.75 Å². The van der Waals surface area contributed by atoms with E-state index in [1.165, 1.54) is 29.8 Å². The molecule has 1 nitrogen and oxygen atoms in total. The van der Waals surface area contributed by atoms with Crippen LogP contribution in [0.1, 0.15) is 41.9 Å². The number of halogens is 2. The summed E-state index contributed by atoms with van der Waals surface area (Å²) in [5.74, 6) is 0.621. The van der Waals surface area contributed by atoms with Gasteiger partial charge >= 0.3 is 0 Å². The van der Waals surface area contributed by atoms with Gasteiger partial charge in [-0.05, 0) is 72.4 Å². The second kappa shape index (κ2) is 9.31. The molecule has 140 valence electrons. The fourth-order valence-corrected chi connectivity index (χ4v) is 3.39. The Balaban J connectivity index is 1.67. The molecule has 0 saturated heterocycles. The normalized spacial score (nSPS) is 12.0. The van der Waals surface area contributed by atoms with Crippen LogP contribution in [0.15, 0.2) is 72.8 Å². The molecule has 0 N–H and O–H groups in total. The Morgan fingerprint density at radius 1 is 0.704 bits per heavy atom. The fraction of sp³-hybridized carbons (Fsp3) is 0.250. The molecule has 3 heteroatoms. The Morgan fingerprint density at radius 3 is 1.78 bits per heavy atom. The van der Waals surface area contributed by atoms with Gasteiger partial charge in [-0.3, -0.25) is 0 Å². The first kappa shape index (κ1) is 19.1. The lowest BCUT2D eigenvalue weighted by Crippen LogP contribution is -2.02. The van der Waals surface area contributed by atoms with E-state index in [9.17, 15) is 8.78 Å². The lowest BCUT2D eigenvalue weighted by atomic mass is 9.86. The van der Waals surface area contributed by atoms with E-state index in [0.717, 1.165) is 42.6 Å². The van der Waals surface area contributed by atoms with Crippen LogP contribution in [-0.2, 0) is 6.42 Å². The van der Waals surface area contributed by atoms with Crippen LogP contribution >= 0.6 is 0 Å². The third-order valence-electron chi connectivity index (χ3n) is 4.91. The van der Waals surface area contributed by atoms with Crippen LogP contribution in [0.3, 0.4) is 0 Å². The number of methoxy groups -OCH3 is 1. The standard InChI is InChI=1S/C24H24F2O/c1-27-23-16-10-20(11-17-23)24(19-8-14-22(26)15-9-19)5-3-2-4-18-6-12-21(25)13-7-18/h6-17,24H,2-5H2,1H3. The summed E-state index contributed by atoms with van der Waals surface area (Å²) in [5.41, 5.74) is 3.46. The highest BCUT2D eigenvalue weighted by molar-refractivity contribution is 5.36. The molecule has 0 spiro atoms. The second-order valence-corrected chi connectivity index (χ2v) is 6.75. The van der Waals surface area contributed by atoms with E-state index in [1.54, 1.807) is 7.11 Å². The van der Waals surface area contributed by atoms with Gasteiger partial charge < -0.3 is 4.74 Å². The van der Waals surface area contributed by atoms with Gasteiger partial charge in [-0.2, -0.15) is 0 Å². The van der Waals surface area contributed by atoms with Crippen molar-refractivity contribution in [3.05, 3.63) is 101 Å². The van der Waals surface area contributed by atoms with E-state index < -0.39 is 0 Å². The number of aryl methyl sites for hydroxylation is 1. The molecule has 0 radical (unpaired) electrons. The second-order valence-electron chi connectivity index (χ2n) is 6.75. The van der Waals surface area contributed by atoms with Crippen molar-refractivity contribution in [2.24, 2.45) is 0 Å². The van der Waals surface area contributed by atoms with Crippen molar-refractivity contribution in [3.63, 3.8) is 0 Å². The minimum Gasteiger partial charge on any atom is -0.497 e. The predicted octanol–water partition coefficient (Wildman–Crippen LogP) is 6.52. The third-order valence-corrected chi connectivity index (χ3v) is 4.91. The molecule has 1 atom stereocenters. The molecule has 0 saturated carbocycles. The Kier molecular flexibility index (Phi) is 6.59. The van der Waals surface area contributed by atoms with Crippen molar-refractivity contribution < 1.29 is 13.5 Å². The van der Waals surface area contributed by atoms with Crippen LogP contribution in [0.25, 0.3) is 0 Å². The molecule has 27 heavy (non-hydrogen) atoms. The van der Waals surface area contributed by atoms with E-state index >= 15 is 0 Å². The summed E-state index contributed by atoms with van der Waals surface area (Å²) < 4.78 is 31.6. The van der Waals surface area contributed by atoms with E-state index in [0.29, 0.717) is 0 Å². The SMILES string of the molecule is COc1ccc(C(CCCCc2ccc(F)cc2)c2ccc(F)cc2)cc1. The Morgan fingerprint density at radius 2 is 1.22 bits per heavy atom. The van der Waals surface area contributed by atoms with Crippen molar-refractivity contribution in [3.8, 4) is 5.75 Å². The topological polar surface area (TPSA) is 9.23 Å². The van der Waals surface area contributed by atoms with Crippen LogP contribution < -0.4 is 4.74 Å². The largest absolute Gasteiger partial charge is 0.497 e. The van der Waals surface area contributed by atoms with Crippen molar-refractivity contribution in [1.82, 2.24) is 0 Å². The van der Waals surface area contributed by atoms with Crippen molar-refractivity contribution >= 4 is 0 Å². The molecule has 0 heterocycles. The Bertz CT molecular complexity index is 824. The zero-order valence-electron chi connectivity index (χ0n) is 15.5. The highest BCUT2D eigenvalue weighted by Crippen LogP contribution is 2.31. The number of hydrogen-bond acceptors (Lipinski definition) is 1. The van der Waals surface area contributed by atoms with Crippen molar-refractivity contribution in [2.45, 2.75) is 31.6 Å². The van der Waals surface area contributed by atoms with Gasteiger partial charge in [0.05, 0.1) is 7.11 Å². The molecule has 0 aliphatic carbocycles. The summed E-state index contributed by atoms with van der Waals surface area (Å²) >= 11 is 0. The van der Waals surface area contributed by atoms with Crippen LogP contribution in [0.2, 0.25) is 0 Å². The summed E-state index contributed by atoms with van der Waals surface area (Å²) in [6, 6.07) is 21.5. The summed E-state index contributed by atoms with van der Waals surface area (Å²) in [4.78, 5) is 0. The van der Waals surface area contributed by atoms with E-state index in [2.05, 4.69) is 12.1 Å². The summed E-state index contributed by atoms with van der Waals surface area (Å²) in [7, 11) is 1.65. The maximum atomic E-state index is 13.3. The van der Waals surface area contributed by atoms with Crippen LogP contribution in [0.4, 0.5) is 8.78 Å². The first-order valence-corrected chi connectivity index (χ1v) is 9.29. The average Bonchev–Trinajstić information content (AvgIpc) is 2.70. The van der Waals surface area contributed by atoms with Crippen molar-refractivity contribution in [1.29, 1.82) is 0 Å². The molecule has 0 aliphatic rings. The minimum atomic E-state index is -0.219. The molecule has 1 unspecified atom stereocenters. The highest BCUT2D eigenvalue weighted by Gasteiger charge is 2.14. The molecule has 0 amide bonds. The molecular weight excluding hydrogens is 342 g/mol. The molecular formula is C24H24F2O. The zero-order chi connectivity index (χ0) is 19.1. The quantitative estimate of drug-likeness (QED) is 0.412. The monoisotopic (exact) mass is 366 g/mol. The molecule has 0 bridgehead atoms. The Labute approximate surface area is 159 Å². The smallest absolute Gasteiger partial charge is 0.123 e. The molecule has 0 fully saturated rings. The van der Waals surface area contributed by atoms with Gasteiger partial charge in [-0.15, -0.1) is 0 Å². The minimum absolute atomic E-state index is 0.199. The number of hydrogen-bond donors (Lipinski definition) is 0.